The van der Waals surface area contributed by atoms with Crippen LogP contribution < -0.4 is 0 Å². The van der Waals surface area contributed by atoms with E-state index in [2.05, 4.69) is 4.74 Å². The van der Waals surface area contributed by atoms with Crippen molar-refractivity contribution in [2.24, 2.45) is 0 Å². The lowest BCUT2D eigenvalue weighted by molar-refractivity contribution is -0.140. The molecular formula is C12H15FO2. The molecule has 0 aliphatic rings. The van der Waals surface area contributed by atoms with Crippen molar-refractivity contribution in [2.75, 3.05) is 7.11 Å². The molecule has 0 aliphatic carbocycles. The first-order valence-corrected chi connectivity index (χ1v) is 4.87. The van der Waals surface area contributed by atoms with Crippen LogP contribution in [0.5, 0.6) is 0 Å². The fraction of sp³-hybridized carbons (Fsp3) is 0.417. The molecule has 1 aromatic carbocycles. The summed E-state index contributed by atoms with van der Waals surface area (Å²) in [7, 11) is 1.33. The quantitative estimate of drug-likeness (QED) is 0.717. The Labute approximate surface area is 89.1 Å². The topological polar surface area (TPSA) is 26.3 Å². The number of hydrogen-bond acceptors (Lipinski definition) is 2. The van der Waals surface area contributed by atoms with Crippen LogP contribution in [0.15, 0.2) is 18.2 Å². The molecular weight excluding hydrogens is 195 g/mol. The summed E-state index contributed by atoms with van der Waals surface area (Å²) in [6, 6.07) is 5.04. The monoisotopic (exact) mass is 210 g/mol. The fourth-order valence-corrected chi connectivity index (χ4v) is 1.48. The third-order valence-electron chi connectivity index (χ3n) is 2.39. The molecule has 0 fully saturated rings. The van der Waals surface area contributed by atoms with Gasteiger partial charge in [-0.25, -0.2) is 4.39 Å². The van der Waals surface area contributed by atoms with E-state index in [0.717, 1.165) is 5.56 Å². The molecule has 1 aromatic rings. The van der Waals surface area contributed by atoms with Crippen LogP contribution in [0.25, 0.3) is 0 Å². The Morgan fingerprint density at radius 3 is 2.73 bits per heavy atom. The van der Waals surface area contributed by atoms with Crippen molar-refractivity contribution in [3.8, 4) is 0 Å². The highest BCUT2D eigenvalue weighted by Gasteiger charge is 2.14. The Kier molecular flexibility index (Phi) is 3.83. The normalized spacial score (nSPS) is 12.3. The van der Waals surface area contributed by atoms with Crippen LogP contribution in [-0.2, 0) is 9.53 Å². The zero-order valence-corrected chi connectivity index (χ0v) is 9.21. The molecule has 0 saturated carbocycles. The first kappa shape index (κ1) is 11.7. The summed E-state index contributed by atoms with van der Waals surface area (Å²) >= 11 is 0. The minimum absolute atomic E-state index is 0.155. The Morgan fingerprint density at radius 1 is 1.53 bits per heavy atom. The molecule has 0 spiro atoms. The molecule has 0 heterocycles. The second-order valence-electron chi connectivity index (χ2n) is 3.71. The summed E-state index contributed by atoms with van der Waals surface area (Å²) in [5.41, 5.74) is 1.44. The van der Waals surface area contributed by atoms with Gasteiger partial charge in [-0.3, -0.25) is 4.79 Å². The summed E-state index contributed by atoms with van der Waals surface area (Å²) in [4.78, 5) is 11.0. The molecule has 2 nitrogen and oxygen atoms in total. The summed E-state index contributed by atoms with van der Waals surface area (Å²) in [5.74, 6) is -0.730. The van der Waals surface area contributed by atoms with E-state index in [4.69, 9.17) is 0 Å². The molecule has 1 rings (SSSR count). The lowest BCUT2D eigenvalue weighted by Gasteiger charge is -2.11. The highest BCUT2D eigenvalue weighted by Crippen LogP contribution is 2.23. The van der Waals surface area contributed by atoms with Crippen LogP contribution in [0.1, 0.15) is 30.4 Å². The number of esters is 1. The lowest BCUT2D eigenvalue weighted by atomic mass is 9.96. The molecule has 1 atom stereocenters. The number of benzene rings is 1. The molecule has 0 bridgehead atoms. The van der Waals surface area contributed by atoms with E-state index in [1.165, 1.54) is 13.2 Å². The number of carbonyl (C=O) groups excluding carboxylic acids is 1. The van der Waals surface area contributed by atoms with Crippen LogP contribution >= 0.6 is 0 Å². The zero-order valence-electron chi connectivity index (χ0n) is 9.21. The number of carbonyl (C=O) groups is 1. The van der Waals surface area contributed by atoms with Crippen LogP contribution in [0.3, 0.4) is 0 Å². The standard InChI is InChI=1S/C12H15FO2/c1-8-4-5-10(11(13)6-8)9(2)7-12(14)15-3/h4-6,9H,7H2,1-3H3. The van der Waals surface area contributed by atoms with Gasteiger partial charge >= 0.3 is 5.97 Å². The SMILES string of the molecule is COC(=O)CC(C)c1ccc(C)cc1F. The maximum absolute atomic E-state index is 13.5. The van der Waals surface area contributed by atoms with E-state index < -0.39 is 0 Å². The molecule has 0 saturated heterocycles. The first-order valence-electron chi connectivity index (χ1n) is 4.87. The predicted octanol–water partition coefficient (Wildman–Crippen LogP) is 2.80. The largest absolute Gasteiger partial charge is 0.469 e. The lowest BCUT2D eigenvalue weighted by Crippen LogP contribution is -2.07. The van der Waals surface area contributed by atoms with Gasteiger partial charge < -0.3 is 4.74 Å². The summed E-state index contributed by atoms with van der Waals surface area (Å²) in [6.07, 6.45) is 0.205. The highest BCUT2D eigenvalue weighted by atomic mass is 19.1. The Hall–Kier alpha value is -1.38. The minimum Gasteiger partial charge on any atom is -0.469 e. The average molecular weight is 210 g/mol. The number of methoxy groups -OCH3 is 1. The van der Waals surface area contributed by atoms with Crippen LogP contribution in [-0.4, -0.2) is 13.1 Å². The van der Waals surface area contributed by atoms with Crippen molar-refractivity contribution in [3.05, 3.63) is 35.1 Å². The Bertz CT molecular complexity index is 361. The van der Waals surface area contributed by atoms with Gasteiger partial charge in [-0.15, -0.1) is 0 Å². The van der Waals surface area contributed by atoms with Crippen LogP contribution in [0.2, 0.25) is 0 Å². The summed E-state index contributed by atoms with van der Waals surface area (Å²) in [5, 5.41) is 0. The van der Waals surface area contributed by atoms with E-state index in [9.17, 15) is 9.18 Å². The van der Waals surface area contributed by atoms with E-state index in [1.54, 1.807) is 6.07 Å². The van der Waals surface area contributed by atoms with Gasteiger partial charge in [-0.1, -0.05) is 19.1 Å². The third-order valence-corrected chi connectivity index (χ3v) is 2.39. The highest BCUT2D eigenvalue weighted by molar-refractivity contribution is 5.70. The molecule has 0 aliphatic heterocycles. The molecule has 1 unspecified atom stereocenters. The molecule has 3 heteroatoms. The van der Waals surface area contributed by atoms with Crippen LogP contribution in [0, 0.1) is 12.7 Å². The maximum atomic E-state index is 13.5. The maximum Gasteiger partial charge on any atom is 0.306 e. The summed E-state index contributed by atoms with van der Waals surface area (Å²) < 4.78 is 18.0. The second-order valence-corrected chi connectivity index (χ2v) is 3.71. The van der Waals surface area contributed by atoms with Gasteiger partial charge in [0, 0.05) is 0 Å². The van der Waals surface area contributed by atoms with Gasteiger partial charge in [0.25, 0.3) is 0 Å². The van der Waals surface area contributed by atoms with Crippen LogP contribution in [0.4, 0.5) is 4.39 Å². The molecule has 15 heavy (non-hydrogen) atoms. The predicted molar refractivity (Wildman–Crippen MR) is 56.2 cm³/mol. The number of hydrogen-bond donors (Lipinski definition) is 0. The number of halogens is 1. The zero-order chi connectivity index (χ0) is 11.4. The van der Waals surface area contributed by atoms with Crippen molar-refractivity contribution < 1.29 is 13.9 Å². The summed E-state index contributed by atoms with van der Waals surface area (Å²) in [6.45, 7) is 3.64. The van der Waals surface area contributed by atoms with Crippen molar-refractivity contribution in [3.63, 3.8) is 0 Å². The fourth-order valence-electron chi connectivity index (χ4n) is 1.48. The van der Waals surface area contributed by atoms with Crippen molar-refractivity contribution >= 4 is 5.97 Å². The van der Waals surface area contributed by atoms with Gasteiger partial charge in [-0.2, -0.15) is 0 Å². The van der Waals surface area contributed by atoms with Crippen molar-refractivity contribution in [2.45, 2.75) is 26.2 Å². The van der Waals surface area contributed by atoms with Gasteiger partial charge in [0.1, 0.15) is 5.82 Å². The van der Waals surface area contributed by atoms with E-state index in [-0.39, 0.29) is 24.1 Å². The number of rotatable bonds is 3. The second kappa shape index (κ2) is 4.91. The van der Waals surface area contributed by atoms with E-state index in [0.29, 0.717) is 5.56 Å². The van der Waals surface area contributed by atoms with Gasteiger partial charge in [0.05, 0.1) is 13.5 Å². The molecule has 0 amide bonds. The molecule has 0 N–H and O–H groups in total. The third kappa shape index (κ3) is 3.05. The Morgan fingerprint density at radius 2 is 2.20 bits per heavy atom. The van der Waals surface area contributed by atoms with Gasteiger partial charge in [0.15, 0.2) is 0 Å². The van der Waals surface area contributed by atoms with Crippen molar-refractivity contribution in [1.82, 2.24) is 0 Å². The molecule has 0 radical (unpaired) electrons. The van der Waals surface area contributed by atoms with Gasteiger partial charge in [0.2, 0.25) is 0 Å². The average Bonchev–Trinajstić information content (AvgIpc) is 2.17. The first-order chi connectivity index (χ1) is 7.04. The Balaban J connectivity index is 2.82. The van der Waals surface area contributed by atoms with Crippen molar-refractivity contribution in [1.29, 1.82) is 0 Å². The van der Waals surface area contributed by atoms with Gasteiger partial charge in [-0.05, 0) is 30.0 Å². The molecule has 0 aromatic heterocycles. The van der Waals surface area contributed by atoms with E-state index in [1.807, 2.05) is 19.9 Å². The smallest absolute Gasteiger partial charge is 0.306 e. The molecule has 82 valence electrons. The number of aryl methyl sites for hydroxylation is 1. The minimum atomic E-state index is -0.317. The van der Waals surface area contributed by atoms with E-state index >= 15 is 0 Å². The number of ether oxygens (including phenoxy) is 1.